The molecule has 0 aliphatic carbocycles. The summed E-state index contributed by atoms with van der Waals surface area (Å²) in [7, 11) is 3.20. The van der Waals surface area contributed by atoms with Gasteiger partial charge in [0.25, 0.3) is 0 Å². The van der Waals surface area contributed by atoms with Crippen LogP contribution in [0.3, 0.4) is 0 Å². The molecule has 0 heterocycles. The number of guanidine groups is 1. The van der Waals surface area contributed by atoms with Crippen LogP contribution in [0.4, 0.5) is 4.39 Å². The molecule has 1 amide bonds. The van der Waals surface area contributed by atoms with Crippen LogP contribution in [0.25, 0.3) is 0 Å². The summed E-state index contributed by atoms with van der Waals surface area (Å²) in [6, 6.07) is 4.92. The Hall–Kier alpha value is -2.15. The van der Waals surface area contributed by atoms with Gasteiger partial charge in [-0.3, -0.25) is 9.79 Å². The zero-order valence-electron chi connectivity index (χ0n) is 13.2. The average Bonchev–Trinajstić information content (AvgIpc) is 2.51. The highest BCUT2D eigenvalue weighted by Gasteiger charge is 2.04. The first kappa shape index (κ1) is 17.9. The predicted molar refractivity (Wildman–Crippen MR) is 84.2 cm³/mol. The number of hydrogen-bond acceptors (Lipinski definition) is 3. The molecule has 1 aromatic carbocycles. The van der Waals surface area contributed by atoms with Crippen molar-refractivity contribution in [2.45, 2.75) is 13.5 Å². The molecular weight excluding hydrogens is 287 g/mol. The summed E-state index contributed by atoms with van der Waals surface area (Å²) in [6.45, 7) is 3.27. The van der Waals surface area contributed by atoms with E-state index in [0.29, 0.717) is 31.2 Å². The molecule has 0 saturated heterocycles. The number of hydrogen-bond donors (Lipinski definition) is 3. The van der Waals surface area contributed by atoms with E-state index in [4.69, 9.17) is 4.74 Å². The van der Waals surface area contributed by atoms with Crippen LogP contribution in [0.1, 0.15) is 11.1 Å². The van der Waals surface area contributed by atoms with Crippen LogP contribution in [0.15, 0.2) is 23.2 Å². The van der Waals surface area contributed by atoms with Crippen molar-refractivity contribution in [2.75, 3.05) is 33.9 Å². The molecule has 0 aliphatic heterocycles. The van der Waals surface area contributed by atoms with Gasteiger partial charge in [0, 0.05) is 27.2 Å². The Morgan fingerprint density at radius 1 is 1.32 bits per heavy atom. The minimum absolute atomic E-state index is 0.117. The van der Waals surface area contributed by atoms with E-state index in [1.165, 1.54) is 6.07 Å². The molecule has 22 heavy (non-hydrogen) atoms. The maximum Gasteiger partial charge on any atom is 0.239 e. The van der Waals surface area contributed by atoms with Crippen LogP contribution in [0.2, 0.25) is 0 Å². The molecule has 1 rings (SSSR count). The van der Waals surface area contributed by atoms with Crippen molar-refractivity contribution in [3.8, 4) is 0 Å². The van der Waals surface area contributed by atoms with Crippen molar-refractivity contribution >= 4 is 11.9 Å². The Kier molecular flexibility index (Phi) is 7.91. The lowest BCUT2D eigenvalue weighted by Crippen LogP contribution is -2.43. The maximum absolute atomic E-state index is 13.2. The van der Waals surface area contributed by atoms with Gasteiger partial charge in [0.15, 0.2) is 5.96 Å². The number of benzene rings is 1. The van der Waals surface area contributed by atoms with E-state index in [-0.39, 0.29) is 18.3 Å². The van der Waals surface area contributed by atoms with Crippen molar-refractivity contribution in [1.29, 1.82) is 0 Å². The Balaban J connectivity index is 2.36. The highest BCUT2D eigenvalue weighted by atomic mass is 19.1. The fourth-order valence-corrected chi connectivity index (χ4v) is 1.74. The van der Waals surface area contributed by atoms with Gasteiger partial charge in [0.2, 0.25) is 5.91 Å². The number of ether oxygens (including phenoxy) is 1. The van der Waals surface area contributed by atoms with Gasteiger partial charge < -0.3 is 20.7 Å². The topological polar surface area (TPSA) is 74.8 Å². The molecule has 1 aromatic rings. The fourth-order valence-electron chi connectivity index (χ4n) is 1.74. The lowest BCUT2D eigenvalue weighted by Gasteiger charge is -2.12. The Labute approximate surface area is 130 Å². The van der Waals surface area contributed by atoms with Crippen molar-refractivity contribution in [3.05, 3.63) is 35.1 Å². The maximum atomic E-state index is 13.2. The van der Waals surface area contributed by atoms with E-state index in [9.17, 15) is 9.18 Å². The number of rotatable bonds is 7. The molecule has 122 valence electrons. The van der Waals surface area contributed by atoms with Gasteiger partial charge in [-0.2, -0.15) is 0 Å². The number of carbonyl (C=O) groups excluding carboxylic acids is 1. The number of aryl methyl sites for hydroxylation is 1. The van der Waals surface area contributed by atoms with Crippen molar-refractivity contribution < 1.29 is 13.9 Å². The van der Waals surface area contributed by atoms with Crippen LogP contribution in [0.5, 0.6) is 0 Å². The van der Waals surface area contributed by atoms with E-state index < -0.39 is 0 Å². The Morgan fingerprint density at radius 2 is 2.09 bits per heavy atom. The van der Waals surface area contributed by atoms with Crippen LogP contribution < -0.4 is 16.0 Å². The number of nitrogens with zero attached hydrogens (tertiary/aromatic N) is 1. The molecular formula is C15H23FN4O2. The third-order valence-electron chi connectivity index (χ3n) is 2.95. The molecule has 0 atom stereocenters. The highest BCUT2D eigenvalue weighted by Crippen LogP contribution is 2.08. The van der Waals surface area contributed by atoms with E-state index in [2.05, 4.69) is 20.9 Å². The van der Waals surface area contributed by atoms with E-state index in [0.717, 1.165) is 5.56 Å². The second-order valence-corrected chi connectivity index (χ2v) is 4.71. The van der Waals surface area contributed by atoms with Gasteiger partial charge in [-0.1, -0.05) is 12.1 Å². The van der Waals surface area contributed by atoms with Crippen molar-refractivity contribution in [3.63, 3.8) is 0 Å². The molecule has 0 aromatic heterocycles. The summed E-state index contributed by atoms with van der Waals surface area (Å²) >= 11 is 0. The monoisotopic (exact) mass is 310 g/mol. The number of carbonyl (C=O) groups is 1. The number of methoxy groups -OCH3 is 1. The Morgan fingerprint density at radius 3 is 2.73 bits per heavy atom. The van der Waals surface area contributed by atoms with Crippen LogP contribution >= 0.6 is 0 Å². The van der Waals surface area contributed by atoms with Gasteiger partial charge in [-0.15, -0.1) is 0 Å². The van der Waals surface area contributed by atoms with E-state index in [1.807, 2.05) is 0 Å². The third-order valence-corrected chi connectivity index (χ3v) is 2.95. The smallest absolute Gasteiger partial charge is 0.239 e. The Bertz CT molecular complexity index is 520. The molecule has 6 nitrogen and oxygen atoms in total. The summed E-state index contributed by atoms with van der Waals surface area (Å²) in [5.41, 5.74) is 1.53. The molecule has 3 N–H and O–H groups in total. The molecule has 7 heteroatoms. The van der Waals surface area contributed by atoms with Gasteiger partial charge in [-0.05, 0) is 24.1 Å². The number of halogens is 1. The lowest BCUT2D eigenvalue weighted by molar-refractivity contribution is -0.120. The zero-order chi connectivity index (χ0) is 16.4. The highest BCUT2D eigenvalue weighted by molar-refractivity contribution is 5.86. The second-order valence-electron chi connectivity index (χ2n) is 4.71. The first-order chi connectivity index (χ1) is 10.6. The van der Waals surface area contributed by atoms with Crippen molar-refractivity contribution in [1.82, 2.24) is 16.0 Å². The lowest BCUT2D eigenvalue weighted by atomic mass is 10.1. The minimum atomic E-state index is -0.223. The second kappa shape index (κ2) is 9.73. The summed E-state index contributed by atoms with van der Waals surface area (Å²) in [5, 5.41) is 8.67. The van der Waals surface area contributed by atoms with Gasteiger partial charge >= 0.3 is 0 Å². The number of amides is 1. The molecule has 0 fully saturated rings. The number of nitrogens with one attached hydrogen (secondary N) is 3. The van der Waals surface area contributed by atoms with E-state index >= 15 is 0 Å². The standard InChI is InChI=1S/C15H23FN4O2/c1-11-8-12(4-5-13(11)16)9-19-15(17-2)20-10-14(21)18-6-7-22-3/h4-5,8H,6-7,9-10H2,1-3H3,(H,18,21)(H2,17,19,20). The minimum Gasteiger partial charge on any atom is -0.383 e. The normalized spacial score (nSPS) is 11.2. The van der Waals surface area contributed by atoms with Crippen LogP contribution in [-0.2, 0) is 16.1 Å². The first-order valence-corrected chi connectivity index (χ1v) is 7.02. The third kappa shape index (κ3) is 6.53. The first-order valence-electron chi connectivity index (χ1n) is 7.02. The predicted octanol–water partition coefficient (Wildman–Crippen LogP) is 0.562. The number of aliphatic imine (C=N–C) groups is 1. The average molecular weight is 310 g/mol. The van der Waals surface area contributed by atoms with Gasteiger partial charge in [0.1, 0.15) is 5.82 Å². The molecule has 0 unspecified atom stereocenters. The van der Waals surface area contributed by atoms with Crippen LogP contribution in [-0.4, -0.2) is 45.7 Å². The fraction of sp³-hybridized carbons (Fsp3) is 0.467. The molecule has 0 spiro atoms. The van der Waals surface area contributed by atoms with Gasteiger partial charge in [-0.25, -0.2) is 4.39 Å². The molecule has 0 bridgehead atoms. The zero-order valence-corrected chi connectivity index (χ0v) is 13.2. The largest absolute Gasteiger partial charge is 0.383 e. The summed E-state index contributed by atoms with van der Waals surface area (Å²) in [5.74, 6) is 0.139. The molecule has 0 saturated carbocycles. The van der Waals surface area contributed by atoms with Gasteiger partial charge in [0.05, 0.1) is 13.2 Å². The summed E-state index contributed by atoms with van der Waals surface area (Å²) in [6.07, 6.45) is 0. The van der Waals surface area contributed by atoms with Crippen LogP contribution in [0, 0.1) is 12.7 Å². The molecule has 0 aliphatic rings. The SMILES string of the molecule is CN=C(NCC(=O)NCCOC)NCc1ccc(F)c(C)c1. The van der Waals surface area contributed by atoms with Crippen molar-refractivity contribution in [2.24, 2.45) is 4.99 Å². The molecule has 0 radical (unpaired) electrons. The summed E-state index contributed by atoms with van der Waals surface area (Å²) in [4.78, 5) is 15.6. The summed E-state index contributed by atoms with van der Waals surface area (Å²) < 4.78 is 18.0. The quantitative estimate of drug-likeness (QED) is 0.391. The van der Waals surface area contributed by atoms with E-state index in [1.54, 1.807) is 33.2 Å².